The summed E-state index contributed by atoms with van der Waals surface area (Å²) in [5.74, 6) is -2.25. The zero-order valence-corrected chi connectivity index (χ0v) is 14.6. The summed E-state index contributed by atoms with van der Waals surface area (Å²) in [5.41, 5.74) is 6.65. The van der Waals surface area contributed by atoms with Crippen LogP contribution in [0.1, 0.15) is 23.5 Å². The maximum Gasteiger partial charge on any atom is 0.322 e. The summed E-state index contributed by atoms with van der Waals surface area (Å²) in [5, 5.41) is 0. The lowest BCUT2D eigenvalue weighted by Crippen LogP contribution is -2.18. The normalized spacial score (nSPS) is 16.8. The van der Waals surface area contributed by atoms with Crippen molar-refractivity contribution in [3.05, 3.63) is 72.0 Å². The van der Waals surface area contributed by atoms with Gasteiger partial charge in [0.25, 0.3) is 0 Å². The van der Waals surface area contributed by atoms with Gasteiger partial charge in [-0.1, -0.05) is 48.5 Å². The molecular weight excluding hydrogens is 354 g/mol. The molecule has 3 rings (SSSR count). The van der Waals surface area contributed by atoms with Gasteiger partial charge in [0, 0.05) is 17.6 Å². The van der Waals surface area contributed by atoms with Crippen molar-refractivity contribution in [3.63, 3.8) is 0 Å². The first-order valence-electron chi connectivity index (χ1n) is 7.96. The second kappa shape index (κ2) is 7.13. The van der Waals surface area contributed by atoms with Crippen LogP contribution in [-0.2, 0) is 24.2 Å². The van der Waals surface area contributed by atoms with Crippen LogP contribution in [0.5, 0.6) is 0 Å². The van der Waals surface area contributed by atoms with Crippen molar-refractivity contribution in [2.45, 2.75) is 17.2 Å². The molecule has 0 fully saturated rings. The molecule has 0 bridgehead atoms. The predicted molar refractivity (Wildman–Crippen MR) is 95.6 cm³/mol. The monoisotopic (exact) mass is 371 g/mol. The van der Waals surface area contributed by atoms with E-state index in [9.17, 15) is 18.0 Å². The van der Waals surface area contributed by atoms with Gasteiger partial charge in [-0.25, -0.2) is 8.42 Å². The summed E-state index contributed by atoms with van der Waals surface area (Å²) in [7, 11) is -3.76. The number of carbonyl (C=O) groups excluding carboxylic acids is 2. The number of sulfone groups is 1. The van der Waals surface area contributed by atoms with Gasteiger partial charge in [0.05, 0.1) is 16.9 Å². The summed E-state index contributed by atoms with van der Waals surface area (Å²) in [6.45, 7) is 0. The van der Waals surface area contributed by atoms with Crippen molar-refractivity contribution in [1.29, 1.82) is 0 Å². The van der Waals surface area contributed by atoms with E-state index in [-0.39, 0.29) is 11.3 Å². The number of rotatable bonds is 6. The molecule has 0 radical (unpaired) electrons. The molecule has 0 spiro atoms. The number of hydrogen-bond donors (Lipinski definition) is 1. The third-order valence-electron chi connectivity index (χ3n) is 4.13. The third kappa shape index (κ3) is 3.52. The van der Waals surface area contributed by atoms with E-state index in [2.05, 4.69) is 0 Å². The number of hydrogen-bond acceptors (Lipinski definition) is 5. The standard InChI is InChI=1S/C19H17NO5S/c20-17(21)10-11-26(23,24)16-9-5-4-8-14(16)15-12-25-19(22)18(15)13-6-2-1-3-7-13/h1-9,12,18H,10-11H2,(H2,20,21). The van der Waals surface area contributed by atoms with Crippen molar-refractivity contribution in [2.75, 3.05) is 5.75 Å². The topological polar surface area (TPSA) is 104 Å². The van der Waals surface area contributed by atoms with E-state index < -0.39 is 33.4 Å². The Morgan fingerprint density at radius 1 is 1.04 bits per heavy atom. The number of nitrogens with two attached hydrogens (primary N) is 1. The fourth-order valence-electron chi connectivity index (χ4n) is 2.89. The van der Waals surface area contributed by atoms with Crippen LogP contribution < -0.4 is 5.73 Å². The van der Waals surface area contributed by atoms with Crippen LogP contribution in [0, 0.1) is 0 Å². The summed E-state index contributed by atoms with van der Waals surface area (Å²) in [4.78, 5) is 23.3. The summed E-state index contributed by atoms with van der Waals surface area (Å²) >= 11 is 0. The Kier molecular flexibility index (Phi) is 4.90. The van der Waals surface area contributed by atoms with E-state index in [1.54, 1.807) is 42.5 Å². The Labute approximate surface area is 151 Å². The van der Waals surface area contributed by atoms with Crippen LogP contribution in [0.15, 0.2) is 65.8 Å². The number of esters is 1. The average molecular weight is 371 g/mol. The highest BCUT2D eigenvalue weighted by Crippen LogP contribution is 2.40. The molecule has 2 N–H and O–H groups in total. The lowest BCUT2D eigenvalue weighted by atomic mass is 9.89. The number of primary amides is 1. The van der Waals surface area contributed by atoms with Gasteiger partial charge < -0.3 is 10.5 Å². The smallest absolute Gasteiger partial charge is 0.322 e. The van der Waals surface area contributed by atoms with Gasteiger partial charge in [0.1, 0.15) is 5.92 Å². The highest BCUT2D eigenvalue weighted by Gasteiger charge is 2.35. The summed E-state index contributed by atoms with van der Waals surface area (Å²) in [6.07, 6.45) is 1.02. The lowest BCUT2D eigenvalue weighted by Gasteiger charge is -2.15. The molecule has 2 aromatic rings. The molecule has 134 valence electrons. The first-order valence-corrected chi connectivity index (χ1v) is 9.61. The van der Waals surface area contributed by atoms with Gasteiger partial charge in [0.15, 0.2) is 9.84 Å². The Hall–Kier alpha value is -2.93. The zero-order valence-electron chi connectivity index (χ0n) is 13.8. The highest BCUT2D eigenvalue weighted by molar-refractivity contribution is 7.91. The van der Waals surface area contributed by atoms with E-state index in [0.717, 1.165) is 0 Å². The largest absolute Gasteiger partial charge is 0.433 e. The Morgan fingerprint density at radius 3 is 2.38 bits per heavy atom. The number of cyclic esters (lactones) is 1. The molecule has 1 heterocycles. The second-order valence-corrected chi connectivity index (χ2v) is 7.96. The summed E-state index contributed by atoms with van der Waals surface area (Å²) < 4.78 is 30.4. The molecule has 0 aromatic heterocycles. The minimum absolute atomic E-state index is 0.0479. The van der Waals surface area contributed by atoms with E-state index in [0.29, 0.717) is 16.7 Å². The fraction of sp³-hybridized carbons (Fsp3) is 0.158. The van der Waals surface area contributed by atoms with Crippen molar-refractivity contribution >= 4 is 27.3 Å². The number of benzene rings is 2. The molecule has 2 aromatic carbocycles. The minimum atomic E-state index is -3.76. The quantitative estimate of drug-likeness (QED) is 0.783. The van der Waals surface area contributed by atoms with E-state index >= 15 is 0 Å². The molecule has 1 aliphatic rings. The van der Waals surface area contributed by atoms with Crippen LogP contribution in [-0.4, -0.2) is 26.0 Å². The molecule has 1 unspecified atom stereocenters. The molecule has 6 nitrogen and oxygen atoms in total. The van der Waals surface area contributed by atoms with Crippen LogP contribution in [0.3, 0.4) is 0 Å². The van der Waals surface area contributed by atoms with Crippen molar-refractivity contribution in [3.8, 4) is 0 Å². The van der Waals surface area contributed by atoms with Crippen molar-refractivity contribution < 1.29 is 22.7 Å². The van der Waals surface area contributed by atoms with Crippen LogP contribution in [0.2, 0.25) is 0 Å². The van der Waals surface area contributed by atoms with Crippen LogP contribution in [0.25, 0.3) is 5.57 Å². The van der Waals surface area contributed by atoms with Gasteiger partial charge in [-0.3, -0.25) is 9.59 Å². The van der Waals surface area contributed by atoms with Gasteiger partial charge >= 0.3 is 5.97 Å². The molecule has 1 aliphatic heterocycles. The van der Waals surface area contributed by atoms with E-state index in [1.165, 1.54) is 12.3 Å². The minimum Gasteiger partial charge on any atom is -0.433 e. The van der Waals surface area contributed by atoms with Gasteiger partial charge in [-0.2, -0.15) is 0 Å². The number of carbonyl (C=O) groups is 2. The maximum absolute atomic E-state index is 12.7. The van der Waals surface area contributed by atoms with Crippen LogP contribution >= 0.6 is 0 Å². The molecule has 1 atom stereocenters. The molecule has 26 heavy (non-hydrogen) atoms. The Morgan fingerprint density at radius 2 is 1.69 bits per heavy atom. The first-order chi connectivity index (χ1) is 12.4. The zero-order chi connectivity index (χ0) is 18.7. The Bertz CT molecular complexity index is 980. The number of ether oxygens (including phenoxy) is 1. The second-order valence-electron chi connectivity index (χ2n) is 5.89. The van der Waals surface area contributed by atoms with Crippen molar-refractivity contribution in [1.82, 2.24) is 0 Å². The number of amides is 1. The molecule has 7 heteroatoms. The molecule has 0 aliphatic carbocycles. The van der Waals surface area contributed by atoms with E-state index in [1.807, 2.05) is 6.07 Å². The molecule has 0 saturated carbocycles. The highest BCUT2D eigenvalue weighted by atomic mass is 32.2. The average Bonchev–Trinajstić information content (AvgIpc) is 3.02. The SMILES string of the molecule is NC(=O)CCS(=O)(=O)c1ccccc1C1=COC(=O)C1c1ccccc1. The fourth-order valence-corrected chi connectivity index (χ4v) is 4.38. The van der Waals surface area contributed by atoms with Crippen molar-refractivity contribution in [2.24, 2.45) is 5.73 Å². The molecule has 1 amide bonds. The van der Waals surface area contributed by atoms with Gasteiger partial charge in [0.2, 0.25) is 5.91 Å². The van der Waals surface area contributed by atoms with Crippen LogP contribution in [0.4, 0.5) is 0 Å². The third-order valence-corrected chi connectivity index (χ3v) is 5.90. The van der Waals surface area contributed by atoms with Gasteiger partial charge in [-0.15, -0.1) is 0 Å². The molecule has 0 saturated heterocycles. The first kappa shape index (κ1) is 17.9. The summed E-state index contributed by atoms with van der Waals surface area (Å²) in [6, 6.07) is 15.4. The maximum atomic E-state index is 12.7. The van der Waals surface area contributed by atoms with E-state index in [4.69, 9.17) is 10.5 Å². The predicted octanol–water partition coefficient (Wildman–Crippen LogP) is 2.02. The Balaban J connectivity index is 2.05. The lowest BCUT2D eigenvalue weighted by molar-refractivity contribution is -0.136. The van der Waals surface area contributed by atoms with Gasteiger partial charge in [-0.05, 0) is 11.6 Å². The molecular formula is C19H17NO5S.